The van der Waals surface area contributed by atoms with Gasteiger partial charge in [-0.15, -0.1) is 0 Å². The first-order valence-electron chi connectivity index (χ1n) is 11.9. The summed E-state index contributed by atoms with van der Waals surface area (Å²) >= 11 is 0. The Morgan fingerprint density at radius 3 is 2.35 bits per heavy atom. The number of rotatable bonds is 9. The molecule has 0 aliphatic rings. The Morgan fingerprint density at radius 1 is 0.950 bits per heavy atom. The maximum Gasteiger partial charge on any atom is 0.416 e. The number of benzene rings is 3. The fourth-order valence-electron chi connectivity index (χ4n) is 3.73. The average Bonchev–Trinajstić information content (AvgIpc) is 3.42. The van der Waals surface area contributed by atoms with E-state index in [1.807, 2.05) is 19.1 Å². The summed E-state index contributed by atoms with van der Waals surface area (Å²) in [5.41, 5.74) is 0.925. The van der Waals surface area contributed by atoms with Crippen LogP contribution >= 0.6 is 0 Å². The first-order valence-corrected chi connectivity index (χ1v) is 13.3. The van der Waals surface area contributed by atoms with Crippen molar-refractivity contribution in [2.45, 2.75) is 31.1 Å². The molecule has 0 spiro atoms. The molecule has 210 valence electrons. The van der Waals surface area contributed by atoms with Gasteiger partial charge in [-0.3, -0.25) is 0 Å². The number of hydrogen-bond acceptors (Lipinski definition) is 6. The molecule has 0 bridgehead atoms. The standard InChI is InChI=1S/C28H25F3N2O6S/c1-19-8-11-22(12-9-19)32-27(34)33(18-23-6-4-14-38-23)17-20-10-13-25(37-2)26(15-20)39-40(35,36)24-7-3-5-21(16-24)28(29,30)31/h3-16H,17-18H2,1-2H3,(H,32,34). The highest BCUT2D eigenvalue weighted by Gasteiger charge is 2.32. The van der Waals surface area contributed by atoms with Crippen LogP contribution in [-0.4, -0.2) is 26.5 Å². The number of carbonyl (C=O) groups excluding carboxylic acids is 1. The van der Waals surface area contributed by atoms with E-state index in [1.165, 1.54) is 30.4 Å². The van der Waals surface area contributed by atoms with Crippen LogP contribution in [0.3, 0.4) is 0 Å². The quantitative estimate of drug-likeness (QED) is 0.226. The van der Waals surface area contributed by atoms with Crippen molar-refractivity contribution >= 4 is 21.8 Å². The summed E-state index contributed by atoms with van der Waals surface area (Å²) in [6.07, 6.45) is -3.26. The smallest absolute Gasteiger partial charge is 0.416 e. The summed E-state index contributed by atoms with van der Waals surface area (Å²) in [6.45, 7) is 2.02. The van der Waals surface area contributed by atoms with Crippen molar-refractivity contribution in [1.29, 1.82) is 0 Å². The van der Waals surface area contributed by atoms with Gasteiger partial charge in [-0.25, -0.2) is 4.79 Å². The molecule has 0 saturated carbocycles. The van der Waals surface area contributed by atoms with Gasteiger partial charge >= 0.3 is 22.3 Å². The average molecular weight is 575 g/mol. The SMILES string of the molecule is COc1ccc(CN(Cc2ccco2)C(=O)Nc2ccc(C)cc2)cc1OS(=O)(=O)c1cccc(C(F)(F)F)c1. The fraction of sp³-hybridized carbons (Fsp3) is 0.179. The molecule has 0 aliphatic heterocycles. The van der Waals surface area contributed by atoms with Gasteiger partial charge in [0.2, 0.25) is 0 Å². The highest BCUT2D eigenvalue weighted by atomic mass is 32.2. The van der Waals surface area contributed by atoms with E-state index < -0.39 is 32.8 Å². The minimum Gasteiger partial charge on any atom is -0.493 e. The van der Waals surface area contributed by atoms with Gasteiger partial charge in [0.25, 0.3) is 0 Å². The molecule has 40 heavy (non-hydrogen) atoms. The third kappa shape index (κ3) is 7.14. The molecule has 0 radical (unpaired) electrons. The minimum atomic E-state index is -4.74. The van der Waals surface area contributed by atoms with Gasteiger partial charge in [-0.05, 0) is 67.1 Å². The van der Waals surface area contributed by atoms with Gasteiger partial charge in [0.1, 0.15) is 10.7 Å². The molecular formula is C28H25F3N2O6S. The monoisotopic (exact) mass is 574 g/mol. The number of nitrogens with zero attached hydrogens (tertiary/aromatic N) is 1. The van der Waals surface area contributed by atoms with Crippen LogP contribution in [0.2, 0.25) is 0 Å². The Kier molecular flexibility index (Phi) is 8.38. The lowest BCUT2D eigenvalue weighted by Gasteiger charge is -2.23. The summed E-state index contributed by atoms with van der Waals surface area (Å²) in [4.78, 5) is 14.0. The molecule has 0 atom stereocenters. The number of ether oxygens (including phenoxy) is 1. The van der Waals surface area contributed by atoms with Crippen molar-refractivity contribution in [3.8, 4) is 11.5 Å². The maximum absolute atomic E-state index is 13.2. The van der Waals surface area contributed by atoms with Gasteiger partial charge in [-0.2, -0.15) is 21.6 Å². The van der Waals surface area contributed by atoms with Gasteiger partial charge in [0, 0.05) is 12.2 Å². The normalized spacial score (nSPS) is 11.6. The van der Waals surface area contributed by atoms with Crippen molar-refractivity contribution in [1.82, 2.24) is 4.90 Å². The molecule has 2 amide bonds. The molecule has 4 aromatic rings. The molecule has 0 unspecified atom stereocenters. The number of hydrogen-bond donors (Lipinski definition) is 1. The third-order valence-electron chi connectivity index (χ3n) is 5.77. The van der Waals surface area contributed by atoms with E-state index in [0.717, 1.165) is 23.8 Å². The molecule has 8 nitrogen and oxygen atoms in total. The zero-order valence-corrected chi connectivity index (χ0v) is 22.3. The van der Waals surface area contributed by atoms with Crippen LogP contribution in [0.5, 0.6) is 11.5 Å². The van der Waals surface area contributed by atoms with Crippen LogP contribution in [0.25, 0.3) is 0 Å². The lowest BCUT2D eigenvalue weighted by molar-refractivity contribution is -0.137. The van der Waals surface area contributed by atoms with E-state index >= 15 is 0 Å². The van der Waals surface area contributed by atoms with E-state index in [4.69, 9.17) is 13.3 Å². The number of halogens is 3. The number of carbonyl (C=O) groups is 1. The van der Waals surface area contributed by atoms with Gasteiger partial charge < -0.3 is 23.6 Å². The molecule has 1 heterocycles. The molecule has 3 aromatic carbocycles. The molecule has 0 fully saturated rings. The summed E-state index contributed by atoms with van der Waals surface area (Å²) in [5, 5.41) is 2.82. The predicted molar refractivity (Wildman–Crippen MR) is 140 cm³/mol. The van der Waals surface area contributed by atoms with E-state index in [0.29, 0.717) is 23.1 Å². The first kappa shape index (κ1) is 28.6. The summed E-state index contributed by atoms with van der Waals surface area (Å²) in [6, 6.07) is 17.8. The van der Waals surface area contributed by atoms with Crippen LogP contribution in [0.1, 0.15) is 22.5 Å². The van der Waals surface area contributed by atoms with E-state index in [-0.39, 0.29) is 24.6 Å². The molecule has 4 rings (SSSR count). The van der Waals surface area contributed by atoms with Gasteiger partial charge in [0.05, 0.1) is 25.5 Å². The Morgan fingerprint density at radius 2 is 1.70 bits per heavy atom. The Labute approximate surface area is 229 Å². The van der Waals surface area contributed by atoms with Crippen LogP contribution in [0.4, 0.5) is 23.7 Å². The van der Waals surface area contributed by atoms with E-state index in [9.17, 15) is 26.4 Å². The highest BCUT2D eigenvalue weighted by molar-refractivity contribution is 7.87. The summed E-state index contributed by atoms with van der Waals surface area (Å²) < 4.78 is 81.0. The molecule has 0 aliphatic carbocycles. The molecule has 1 N–H and O–H groups in total. The fourth-order valence-corrected chi connectivity index (χ4v) is 4.71. The van der Waals surface area contributed by atoms with Crippen molar-refractivity contribution in [3.05, 3.63) is 108 Å². The zero-order valence-electron chi connectivity index (χ0n) is 21.4. The van der Waals surface area contributed by atoms with Crippen LogP contribution < -0.4 is 14.2 Å². The second-order valence-electron chi connectivity index (χ2n) is 8.78. The number of anilines is 1. The Bertz CT molecular complexity index is 1570. The van der Waals surface area contributed by atoms with Crippen molar-refractivity contribution in [2.75, 3.05) is 12.4 Å². The molecule has 0 saturated heterocycles. The minimum absolute atomic E-state index is 0.00234. The van der Waals surface area contributed by atoms with Crippen LogP contribution in [0.15, 0.2) is 94.4 Å². The van der Waals surface area contributed by atoms with Gasteiger partial charge in [0.15, 0.2) is 11.5 Å². The topological polar surface area (TPSA) is 98.1 Å². The second kappa shape index (κ2) is 11.7. The molecule has 12 heteroatoms. The highest BCUT2D eigenvalue weighted by Crippen LogP contribution is 2.34. The summed E-state index contributed by atoms with van der Waals surface area (Å²) in [5.74, 6) is 0.284. The predicted octanol–water partition coefficient (Wildman–Crippen LogP) is 6.62. The van der Waals surface area contributed by atoms with Crippen molar-refractivity contribution < 1.29 is 39.7 Å². The number of aryl methyl sites for hydroxylation is 1. The molecular weight excluding hydrogens is 549 g/mol. The number of nitrogens with one attached hydrogen (secondary N) is 1. The maximum atomic E-state index is 13.2. The number of alkyl halides is 3. The number of urea groups is 1. The number of methoxy groups -OCH3 is 1. The lowest BCUT2D eigenvalue weighted by Crippen LogP contribution is -2.34. The van der Waals surface area contributed by atoms with Crippen LogP contribution in [0, 0.1) is 6.92 Å². The van der Waals surface area contributed by atoms with Crippen molar-refractivity contribution in [2.24, 2.45) is 0 Å². The largest absolute Gasteiger partial charge is 0.493 e. The Hall–Kier alpha value is -4.45. The third-order valence-corrected chi connectivity index (χ3v) is 7.00. The lowest BCUT2D eigenvalue weighted by atomic mass is 10.2. The molecule has 1 aromatic heterocycles. The first-order chi connectivity index (χ1) is 18.9. The number of amides is 2. The van der Waals surface area contributed by atoms with Gasteiger partial charge in [-0.1, -0.05) is 29.8 Å². The summed E-state index contributed by atoms with van der Waals surface area (Å²) in [7, 11) is -3.37. The number of furan rings is 1. The van der Waals surface area contributed by atoms with E-state index in [1.54, 1.807) is 30.3 Å². The second-order valence-corrected chi connectivity index (χ2v) is 10.3. The van der Waals surface area contributed by atoms with Crippen LogP contribution in [-0.2, 0) is 29.4 Å². The van der Waals surface area contributed by atoms with Crippen molar-refractivity contribution in [3.63, 3.8) is 0 Å². The Balaban J connectivity index is 1.60. The van der Waals surface area contributed by atoms with E-state index in [2.05, 4.69) is 5.32 Å². The zero-order chi connectivity index (χ0) is 28.9.